The van der Waals surface area contributed by atoms with Crippen LogP contribution in [0.1, 0.15) is 41.0 Å². The van der Waals surface area contributed by atoms with Gasteiger partial charge in [-0.2, -0.15) is 0 Å². The van der Waals surface area contributed by atoms with Crippen LogP contribution in [0.25, 0.3) is 0 Å². The van der Waals surface area contributed by atoms with Gasteiger partial charge in [0.05, 0.1) is 12.6 Å². The summed E-state index contributed by atoms with van der Waals surface area (Å²) in [5.74, 6) is 0. The number of carbonyl (C=O) groups excluding carboxylic acids is 1. The molecule has 0 aromatic rings. The van der Waals surface area contributed by atoms with Gasteiger partial charge in [-0.3, -0.25) is 0 Å². The second-order valence-electron chi connectivity index (χ2n) is 5.46. The second-order valence-corrected chi connectivity index (χ2v) is 5.46. The third-order valence-corrected chi connectivity index (χ3v) is 2.16. The highest BCUT2D eigenvalue weighted by Gasteiger charge is 2.25. The number of hydrogen-bond donors (Lipinski definition) is 2. The predicted molar refractivity (Wildman–Crippen MR) is 67.8 cm³/mol. The van der Waals surface area contributed by atoms with E-state index in [1.54, 1.807) is 0 Å². The summed E-state index contributed by atoms with van der Waals surface area (Å²) in [7, 11) is 0. The lowest BCUT2D eigenvalue weighted by Crippen LogP contribution is -2.45. The molecule has 3 N–H and O–H groups in total. The first-order valence-electron chi connectivity index (χ1n) is 6.05. The number of aliphatic hydroxyl groups excluding tert-OH is 1. The van der Waals surface area contributed by atoms with Gasteiger partial charge < -0.3 is 20.5 Å². The molecule has 5 heteroatoms. The van der Waals surface area contributed by atoms with Gasteiger partial charge in [-0.25, -0.2) is 4.79 Å². The molecule has 0 fully saturated rings. The van der Waals surface area contributed by atoms with E-state index >= 15 is 0 Å². The van der Waals surface area contributed by atoms with Crippen LogP contribution in [-0.2, 0) is 4.74 Å². The molecule has 0 saturated heterocycles. The molecule has 1 unspecified atom stereocenters. The maximum Gasteiger partial charge on any atom is 0.410 e. The molecule has 0 aromatic carbocycles. The Balaban J connectivity index is 4.47. The van der Waals surface area contributed by atoms with Crippen molar-refractivity contribution < 1.29 is 14.6 Å². The van der Waals surface area contributed by atoms with E-state index in [-0.39, 0.29) is 12.6 Å². The summed E-state index contributed by atoms with van der Waals surface area (Å²) in [4.78, 5) is 13.4. The fraction of sp³-hybridized carbons (Fsp3) is 0.917. The lowest BCUT2D eigenvalue weighted by Gasteiger charge is -2.31. The molecule has 0 bridgehead atoms. The number of rotatable bonds is 5. The Morgan fingerprint density at radius 1 is 1.41 bits per heavy atom. The summed E-state index contributed by atoms with van der Waals surface area (Å²) in [6.45, 7) is 9.89. The number of aliphatic hydroxyl groups is 1. The van der Waals surface area contributed by atoms with Crippen LogP contribution < -0.4 is 5.73 Å². The molecule has 0 aliphatic heterocycles. The molecule has 0 radical (unpaired) electrons. The van der Waals surface area contributed by atoms with Crippen molar-refractivity contribution in [2.45, 2.75) is 58.8 Å². The molecule has 5 nitrogen and oxygen atoms in total. The molecule has 1 atom stereocenters. The third kappa shape index (κ3) is 7.18. The van der Waals surface area contributed by atoms with Gasteiger partial charge in [0.25, 0.3) is 0 Å². The van der Waals surface area contributed by atoms with E-state index in [1.807, 2.05) is 34.6 Å². The van der Waals surface area contributed by atoms with Crippen molar-refractivity contribution >= 4 is 6.09 Å². The highest BCUT2D eigenvalue weighted by Crippen LogP contribution is 2.12. The normalized spacial score (nSPS) is 13.6. The standard InChI is InChI=1S/C12H26N2O3/c1-9(2)14(8-10(15)6-7-13)11(16)17-12(3,4)5/h9-10,15H,6-8,13H2,1-5H3. The fourth-order valence-electron chi connectivity index (χ4n) is 1.33. The van der Waals surface area contributed by atoms with Gasteiger partial charge in [-0.15, -0.1) is 0 Å². The maximum absolute atomic E-state index is 11.9. The first-order chi connectivity index (χ1) is 7.67. The minimum Gasteiger partial charge on any atom is -0.444 e. The molecule has 0 rings (SSSR count). The van der Waals surface area contributed by atoms with Crippen molar-refractivity contribution in [3.63, 3.8) is 0 Å². The molecule has 0 spiro atoms. The average Bonchev–Trinajstić information content (AvgIpc) is 2.11. The van der Waals surface area contributed by atoms with Gasteiger partial charge in [-0.1, -0.05) is 0 Å². The van der Waals surface area contributed by atoms with Gasteiger partial charge in [0.1, 0.15) is 5.60 Å². The number of carbonyl (C=O) groups is 1. The summed E-state index contributed by atoms with van der Waals surface area (Å²) in [5, 5.41) is 9.69. The van der Waals surface area contributed by atoms with Crippen molar-refractivity contribution in [2.24, 2.45) is 5.73 Å². The van der Waals surface area contributed by atoms with Crippen LogP contribution in [0, 0.1) is 0 Å². The number of ether oxygens (including phenoxy) is 1. The summed E-state index contributed by atoms with van der Waals surface area (Å²) in [6.07, 6.45) is -0.523. The first-order valence-corrected chi connectivity index (χ1v) is 6.05. The lowest BCUT2D eigenvalue weighted by atomic mass is 10.2. The summed E-state index contributed by atoms with van der Waals surface area (Å²) >= 11 is 0. The lowest BCUT2D eigenvalue weighted by molar-refractivity contribution is 0.00688. The molecular weight excluding hydrogens is 220 g/mol. The largest absolute Gasteiger partial charge is 0.444 e. The number of hydrogen-bond acceptors (Lipinski definition) is 4. The van der Waals surface area contributed by atoms with Gasteiger partial charge in [0, 0.05) is 6.04 Å². The van der Waals surface area contributed by atoms with Gasteiger partial charge in [0.15, 0.2) is 0 Å². The molecule has 102 valence electrons. The van der Waals surface area contributed by atoms with Crippen LogP contribution in [0.3, 0.4) is 0 Å². The highest BCUT2D eigenvalue weighted by molar-refractivity contribution is 5.68. The quantitative estimate of drug-likeness (QED) is 0.767. The van der Waals surface area contributed by atoms with Gasteiger partial charge in [-0.05, 0) is 47.6 Å². The van der Waals surface area contributed by atoms with Gasteiger partial charge >= 0.3 is 6.09 Å². The molecule has 17 heavy (non-hydrogen) atoms. The van der Waals surface area contributed by atoms with Crippen molar-refractivity contribution in [2.75, 3.05) is 13.1 Å². The van der Waals surface area contributed by atoms with Crippen LogP contribution in [0.2, 0.25) is 0 Å². The van der Waals surface area contributed by atoms with Crippen LogP contribution in [0.5, 0.6) is 0 Å². The molecule has 0 aromatic heterocycles. The Morgan fingerprint density at radius 2 is 1.94 bits per heavy atom. The van der Waals surface area contributed by atoms with Crippen molar-refractivity contribution in [3.8, 4) is 0 Å². The second kappa shape index (κ2) is 6.81. The van der Waals surface area contributed by atoms with Gasteiger partial charge in [0.2, 0.25) is 0 Å². The number of nitrogens with two attached hydrogens (primary N) is 1. The van der Waals surface area contributed by atoms with E-state index in [1.165, 1.54) is 4.90 Å². The van der Waals surface area contributed by atoms with Crippen molar-refractivity contribution in [1.82, 2.24) is 4.90 Å². The Labute approximate surface area is 104 Å². The zero-order valence-electron chi connectivity index (χ0n) is 11.6. The Bertz CT molecular complexity index is 236. The van der Waals surface area contributed by atoms with Crippen LogP contribution in [-0.4, -0.2) is 46.9 Å². The SMILES string of the molecule is CC(C)N(CC(O)CCN)C(=O)OC(C)(C)C. The summed E-state index contributed by atoms with van der Waals surface area (Å²) in [6, 6.07) is -0.0164. The minimum atomic E-state index is -0.602. The maximum atomic E-state index is 11.9. The van der Waals surface area contributed by atoms with E-state index in [9.17, 15) is 9.90 Å². The summed E-state index contributed by atoms with van der Waals surface area (Å²) in [5.41, 5.74) is 4.84. The van der Waals surface area contributed by atoms with E-state index in [0.717, 1.165) is 0 Å². The topological polar surface area (TPSA) is 75.8 Å². The Kier molecular flexibility index (Phi) is 6.49. The molecule has 1 amide bonds. The monoisotopic (exact) mass is 246 g/mol. The number of nitrogens with zero attached hydrogens (tertiary/aromatic N) is 1. The summed E-state index contributed by atoms with van der Waals surface area (Å²) < 4.78 is 5.28. The van der Waals surface area contributed by atoms with Crippen LogP contribution in [0.4, 0.5) is 4.79 Å². The Morgan fingerprint density at radius 3 is 2.29 bits per heavy atom. The first kappa shape index (κ1) is 16.2. The minimum absolute atomic E-state index is 0.0164. The third-order valence-electron chi connectivity index (χ3n) is 2.16. The molecule has 0 aliphatic carbocycles. The zero-order valence-corrected chi connectivity index (χ0v) is 11.6. The molecule has 0 saturated carbocycles. The van der Waals surface area contributed by atoms with Crippen molar-refractivity contribution in [1.29, 1.82) is 0 Å². The molecule has 0 aliphatic rings. The smallest absolute Gasteiger partial charge is 0.410 e. The molecular formula is C12H26N2O3. The molecule has 0 heterocycles. The van der Waals surface area contributed by atoms with Crippen molar-refractivity contribution in [3.05, 3.63) is 0 Å². The van der Waals surface area contributed by atoms with E-state index in [4.69, 9.17) is 10.5 Å². The van der Waals surface area contributed by atoms with E-state index in [0.29, 0.717) is 13.0 Å². The highest BCUT2D eigenvalue weighted by atomic mass is 16.6. The van der Waals surface area contributed by atoms with E-state index < -0.39 is 17.8 Å². The van der Waals surface area contributed by atoms with Crippen LogP contribution in [0.15, 0.2) is 0 Å². The Hall–Kier alpha value is -0.810. The van der Waals surface area contributed by atoms with E-state index in [2.05, 4.69) is 0 Å². The fourth-order valence-corrected chi connectivity index (χ4v) is 1.33. The zero-order chi connectivity index (χ0) is 13.6. The van der Waals surface area contributed by atoms with Crippen LogP contribution >= 0.6 is 0 Å². The average molecular weight is 246 g/mol. The number of amides is 1. The predicted octanol–water partition coefficient (Wildman–Crippen LogP) is 1.34.